The van der Waals surface area contributed by atoms with E-state index in [2.05, 4.69) is 48.5 Å². The summed E-state index contributed by atoms with van der Waals surface area (Å²) in [5.41, 5.74) is 3.49. The molecular formula is C13H19NSi. The molecule has 80 valence electrons. The Morgan fingerprint density at radius 3 is 2.40 bits per heavy atom. The third-order valence-corrected chi connectivity index (χ3v) is 3.10. The predicted molar refractivity (Wildman–Crippen MR) is 71.4 cm³/mol. The molecule has 0 aliphatic rings. The zero-order valence-electron chi connectivity index (χ0n) is 9.77. The Hall–Kier alpha value is -1.15. The van der Waals surface area contributed by atoms with Crippen LogP contribution in [-0.4, -0.2) is 20.8 Å². The van der Waals surface area contributed by atoms with E-state index in [0.717, 1.165) is 6.54 Å². The predicted octanol–water partition coefficient (Wildman–Crippen LogP) is 3.54. The lowest BCUT2D eigenvalue weighted by atomic mass is 10.2. The smallest absolute Gasteiger partial charge is 0.0683 e. The summed E-state index contributed by atoms with van der Waals surface area (Å²) < 4.78 is 0. The van der Waals surface area contributed by atoms with Crippen molar-refractivity contribution in [3.05, 3.63) is 47.7 Å². The summed E-state index contributed by atoms with van der Waals surface area (Å²) in [6.45, 7) is 7.76. The second kappa shape index (κ2) is 5.66. The van der Waals surface area contributed by atoms with Crippen LogP contribution in [0.1, 0.15) is 5.56 Å². The van der Waals surface area contributed by atoms with Gasteiger partial charge in [0, 0.05) is 6.21 Å². The first-order chi connectivity index (χ1) is 7.08. The van der Waals surface area contributed by atoms with E-state index in [0.29, 0.717) is 0 Å². The summed E-state index contributed by atoms with van der Waals surface area (Å²) in [6.07, 6.45) is 4.10. The van der Waals surface area contributed by atoms with Gasteiger partial charge >= 0.3 is 0 Å². The van der Waals surface area contributed by atoms with Gasteiger partial charge in [-0.1, -0.05) is 61.7 Å². The monoisotopic (exact) mass is 217 g/mol. The highest BCUT2D eigenvalue weighted by Gasteiger charge is 2.05. The lowest BCUT2D eigenvalue weighted by Gasteiger charge is -2.06. The Morgan fingerprint density at radius 2 is 1.80 bits per heavy atom. The highest BCUT2D eigenvalue weighted by atomic mass is 28.3. The van der Waals surface area contributed by atoms with E-state index < -0.39 is 8.07 Å². The van der Waals surface area contributed by atoms with Crippen LogP contribution in [0.4, 0.5) is 0 Å². The van der Waals surface area contributed by atoms with Gasteiger partial charge in [0.25, 0.3) is 0 Å². The first-order valence-corrected chi connectivity index (χ1v) is 8.88. The molecule has 0 atom stereocenters. The van der Waals surface area contributed by atoms with Crippen LogP contribution in [0, 0.1) is 0 Å². The molecule has 0 saturated heterocycles. The van der Waals surface area contributed by atoms with E-state index in [1.807, 2.05) is 24.4 Å². The first kappa shape index (κ1) is 11.9. The number of nitrogens with zero attached hydrogens (tertiary/aromatic N) is 1. The van der Waals surface area contributed by atoms with E-state index in [1.165, 1.54) is 5.56 Å². The maximum Gasteiger partial charge on any atom is 0.0683 e. The van der Waals surface area contributed by atoms with Crippen LogP contribution in [0.2, 0.25) is 19.6 Å². The van der Waals surface area contributed by atoms with Crippen LogP contribution in [-0.2, 0) is 0 Å². The highest BCUT2D eigenvalue weighted by molar-refractivity contribution is 6.80. The molecule has 0 heterocycles. The van der Waals surface area contributed by atoms with Gasteiger partial charge in [0.1, 0.15) is 0 Å². The first-order valence-electron chi connectivity index (χ1n) is 5.30. The number of hydrogen-bond donors (Lipinski definition) is 0. The lowest BCUT2D eigenvalue weighted by Crippen LogP contribution is -2.15. The van der Waals surface area contributed by atoms with Crippen LogP contribution in [0.3, 0.4) is 0 Å². The molecule has 0 N–H and O–H groups in total. The molecular weight excluding hydrogens is 198 g/mol. The van der Waals surface area contributed by atoms with Crippen molar-refractivity contribution < 1.29 is 0 Å². The SMILES string of the molecule is C[Si](C)(C)/C=C/CN=Cc1ccccc1. The summed E-state index contributed by atoms with van der Waals surface area (Å²) in [5.74, 6) is 0. The normalized spacial score (nSPS) is 12.7. The fourth-order valence-electron chi connectivity index (χ4n) is 1.16. The third kappa shape index (κ3) is 6.02. The van der Waals surface area contributed by atoms with Gasteiger partial charge in [-0.05, 0) is 5.56 Å². The third-order valence-electron chi connectivity index (χ3n) is 1.87. The van der Waals surface area contributed by atoms with Crippen LogP contribution >= 0.6 is 0 Å². The number of benzene rings is 1. The molecule has 0 aliphatic carbocycles. The van der Waals surface area contributed by atoms with Crippen LogP contribution in [0.5, 0.6) is 0 Å². The van der Waals surface area contributed by atoms with Crippen molar-refractivity contribution in [2.24, 2.45) is 4.99 Å². The molecule has 0 unspecified atom stereocenters. The molecule has 0 radical (unpaired) electrons. The van der Waals surface area contributed by atoms with E-state index in [-0.39, 0.29) is 0 Å². The van der Waals surface area contributed by atoms with Crippen molar-refractivity contribution in [1.82, 2.24) is 0 Å². The fraction of sp³-hybridized carbons (Fsp3) is 0.308. The van der Waals surface area contributed by atoms with Gasteiger partial charge in [0.05, 0.1) is 14.6 Å². The van der Waals surface area contributed by atoms with E-state index >= 15 is 0 Å². The average Bonchev–Trinajstić information content (AvgIpc) is 2.17. The van der Waals surface area contributed by atoms with Crippen molar-refractivity contribution in [1.29, 1.82) is 0 Å². The Balaban J connectivity index is 2.39. The molecule has 2 heteroatoms. The van der Waals surface area contributed by atoms with Gasteiger partial charge < -0.3 is 0 Å². The van der Waals surface area contributed by atoms with Gasteiger partial charge in [-0.15, -0.1) is 0 Å². The molecule has 0 bridgehead atoms. The largest absolute Gasteiger partial charge is 0.288 e. The van der Waals surface area contributed by atoms with E-state index in [9.17, 15) is 0 Å². The molecule has 0 spiro atoms. The van der Waals surface area contributed by atoms with Crippen molar-refractivity contribution in [2.75, 3.05) is 6.54 Å². The summed E-state index contributed by atoms with van der Waals surface area (Å²) in [4.78, 5) is 4.36. The molecule has 0 aromatic heterocycles. The molecule has 1 nitrogen and oxygen atoms in total. The minimum absolute atomic E-state index is 0.791. The maximum atomic E-state index is 4.36. The molecule has 1 aromatic rings. The second-order valence-corrected chi connectivity index (χ2v) is 9.74. The number of hydrogen-bond acceptors (Lipinski definition) is 1. The maximum absolute atomic E-state index is 4.36. The van der Waals surface area contributed by atoms with Gasteiger partial charge in [0.2, 0.25) is 0 Å². The Kier molecular flexibility index (Phi) is 4.50. The van der Waals surface area contributed by atoms with Crippen molar-refractivity contribution >= 4 is 14.3 Å². The molecule has 0 aliphatic heterocycles. The summed E-state index contributed by atoms with van der Waals surface area (Å²) in [7, 11) is -1.04. The standard InChI is InChI=1S/C13H19NSi/c1-15(2,3)11-7-10-14-12-13-8-5-4-6-9-13/h4-9,11-12H,10H2,1-3H3/b11-7+,14-12?. The van der Waals surface area contributed by atoms with Crippen molar-refractivity contribution in [3.63, 3.8) is 0 Å². The van der Waals surface area contributed by atoms with E-state index in [4.69, 9.17) is 0 Å². The average molecular weight is 217 g/mol. The zero-order valence-corrected chi connectivity index (χ0v) is 10.8. The van der Waals surface area contributed by atoms with Crippen molar-refractivity contribution in [2.45, 2.75) is 19.6 Å². The highest BCUT2D eigenvalue weighted by Crippen LogP contribution is 2.01. The summed E-state index contributed by atoms with van der Waals surface area (Å²) in [5, 5.41) is 0. The molecule has 1 rings (SSSR count). The molecule has 0 amide bonds. The van der Waals surface area contributed by atoms with Gasteiger partial charge in [-0.2, -0.15) is 0 Å². The van der Waals surface area contributed by atoms with Crippen LogP contribution in [0.25, 0.3) is 0 Å². The number of aliphatic imine (C=N–C) groups is 1. The summed E-state index contributed by atoms with van der Waals surface area (Å²) in [6, 6.07) is 10.2. The molecule has 0 saturated carbocycles. The fourth-order valence-corrected chi connectivity index (χ4v) is 1.98. The van der Waals surface area contributed by atoms with Crippen molar-refractivity contribution in [3.8, 4) is 0 Å². The Morgan fingerprint density at radius 1 is 1.13 bits per heavy atom. The van der Waals surface area contributed by atoms with Gasteiger partial charge in [-0.25, -0.2) is 0 Å². The molecule has 1 aromatic carbocycles. The molecule has 0 fully saturated rings. The lowest BCUT2D eigenvalue weighted by molar-refractivity contribution is 1.26. The topological polar surface area (TPSA) is 12.4 Å². The van der Waals surface area contributed by atoms with E-state index in [1.54, 1.807) is 0 Å². The van der Waals surface area contributed by atoms with Gasteiger partial charge in [-0.3, -0.25) is 4.99 Å². The minimum atomic E-state index is -1.04. The Bertz CT molecular complexity index is 333. The molecule has 15 heavy (non-hydrogen) atoms. The quantitative estimate of drug-likeness (QED) is 0.540. The summed E-state index contributed by atoms with van der Waals surface area (Å²) >= 11 is 0. The van der Waals surface area contributed by atoms with Crippen LogP contribution < -0.4 is 0 Å². The zero-order chi connectivity index (χ0) is 11.1. The second-order valence-electron chi connectivity index (χ2n) is 4.67. The van der Waals surface area contributed by atoms with Crippen LogP contribution in [0.15, 0.2) is 47.1 Å². The van der Waals surface area contributed by atoms with Gasteiger partial charge in [0.15, 0.2) is 0 Å². The minimum Gasteiger partial charge on any atom is -0.288 e. The Labute approximate surface area is 93.6 Å². The number of rotatable bonds is 4.